The molecule has 0 radical (unpaired) electrons. The van der Waals surface area contributed by atoms with Gasteiger partial charge < -0.3 is 9.47 Å². The van der Waals surface area contributed by atoms with Crippen LogP contribution in [0.5, 0.6) is 0 Å². The molecular formula is C24H30O2. The van der Waals surface area contributed by atoms with E-state index in [9.17, 15) is 0 Å². The summed E-state index contributed by atoms with van der Waals surface area (Å²) < 4.78 is 11.4. The normalized spacial score (nSPS) is 11.5. The second-order valence-electron chi connectivity index (χ2n) is 6.46. The van der Waals surface area contributed by atoms with E-state index in [-0.39, 0.29) is 0 Å². The van der Waals surface area contributed by atoms with Crippen molar-refractivity contribution in [2.45, 2.75) is 39.4 Å². The molecule has 0 aliphatic heterocycles. The fourth-order valence-electron chi connectivity index (χ4n) is 2.62. The number of ether oxygens (including phenoxy) is 2. The van der Waals surface area contributed by atoms with Gasteiger partial charge in [0.05, 0.1) is 19.8 Å². The van der Waals surface area contributed by atoms with Crippen molar-refractivity contribution >= 4 is 0 Å². The van der Waals surface area contributed by atoms with Gasteiger partial charge in [-0.3, -0.25) is 0 Å². The molecule has 0 N–H and O–H groups in total. The fraction of sp³-hybridized carbons (Fsp3) is 0.333. The van der Waals surface area contributed by atoms with Crippen molar-refractivity contribution in [2.75, 3.05) is 13.2 Å². The van der Waals surface area contributed by atoms with E-state index in [0.717, 1.165) is 32.5 Å². The SMILES string of the molecule is C=C(CCCOCc1ccccc1)/C(C)=C/CCOCc1ccccc1. The van der Waals surface area contributed by atoms with Gasteiger partial charge in [-0.15, -0.1) is 0 Å². The van der Waals surface area contributed by atoms with Crippen molar-refractivity contribution in [2.24, 2.45) is 0 Å². The molecular weight excluding hydrogens is 320 g/mol. The maximum absolute atomic E-state index is 5.72. The van der Waals surface area contributed by atoms with Crippen LogP contribution in [-0.4, -0.2) is 13.2 Å². The molecule has 2 aromatic carbocycles. The molecule has 0 spiro atoms. The van der Waals surface area contributed by atoms with Gasteiger partial charge in [0.25, 0.3) is 0 Å². The van der Waals surface area contributed by atoms with Crippen LogP contribution < -0.4 is 0 Å². The van der Waals surface area contributed by atoms with E-state index in [1.165, 1.54) is 22.3 Å². The minimum atomic E-state index is 0.674. The Bertz CT molecular complexity index is 659. The van der Waals surface area contributed by atoms with Gasteiger partial charge in [-0.2, -0.15) is 0 Å². The largest absolute Gasteiger partial charge is 0.377 e. The van der Waals surface area contributed by atoms with Crippen LogP contribution in [0.1, 0.15) is 37.3 Å². The summed E-state index contributed by atoms with van der Waals surface area (Å²) in [5, 5.41) is 0. The molecule has 0 unspecified atom stereocenters. The maximum atomic E-state index is 5.72. The second kappa shape index (κ2) is 12.2. The van der Waals surface area contributed by atoms with Gasteiger partial charge in [-0.1, -0.05) is 84.5 Å². The zero-order chi connectivity index (χ0) is 18.5. The predicted molar refractivity (Wildman–Crippen MR) is 109 cm³/mol. The molecule has 2 rings (SSSR count). The molecule has 0 aliphatic carbocycles. The average molecular weight is 351 g/mol. The van der Waals surface area contributed by atoms with Crippen molar-refractivity contribution in [3.8, 4) is 0 Å². The molecule has 2 aromatic rings. The van der Waals surface area contributed by atoms with E-state index < -0.39 is 0 Å². The minimum Gasteiger partial charge on any atom is -0.377 e. The van der Waals surface area contributed by atoms with Crippen molar-refractivity contribution in [3.63, 3.8) is 0 Å². The summed E-state index contributed by atoms with van der Waals surface area (Å²) in [6.45, 7) is 9.18. The zero-order valence-corrected chi connectivity index (χ0v) is 15.8. The monoisotopic (exact) mass is 350 g/mol. The first-order chi connectivity index (χ1) is 12.8. The Morgan fingerprint density at radius 2 is 1.38 bits per heavy atom. The van der Waals surface area contributed by atoms with Crippen LogP contribution >= 0.6 is 0 Å². The standard InChI is InChI=1S/C24H30O2/c1-21(11-9-17-25-19-23-13-5-3-6-14-23)22(2)12-10-18-26-20-24-15-7-4-8-16-24/h3-8,12-16H,1,9-11,17-20H2,2H3/b22-12+. The Balaban J connectivity index is 1.53. The molecule has 0 amide bonds. The Morgan fingerprint density at radius 1 is 0.846 bits per heavy atom. The zero-order valence-electron chi connectivity index (χ0n) is 15.8. The summed E-state index contributed by atoms with van der Waals surface area (Å²) in [7, 11) is 0. The lowest BCUT2D eigenvalue weighted by atomic mass is 10.0. The average Bonchev–Trinajstić information content (AvgIpc) is 2.68. The summed E-state index contributed by atoms with van der Waals surface area (Å²) in [5.74, 6) is 0. The smallest absolute Gasteiger partial charge is 0.0717 e. The topological polar surface area (TPSA) is 18.5 Å². The van der Waals surface area contributed by atoms with E-state index in [0.29, 0.717) is 13.2 Å². The number of hydrogen-bond donors (Lipinski definition) is 0. The number of rotatable bonds is 12. The molecule has 2 nitrogen and oxygen atoms in total. The molecule has 0 fully saturated rings. The Labute approximate surface area is 158 Å². The lowest BCUT2D eigenvalue weighted by molar-refractivity contribution is 0.119. The van der Waals surface area contributed by atoms with Crippen LogP contribution in [0.25, 0.3) is 0 Å². The molecule has 0 saturated carbocycles. The lowest BCUT2D eigenvalue weighted by Gasteiger charge is -2.08. The van der Waals surface area contributed by atoms with Gasteiger partial charge in [0.1, 0.15) is 0 Å². The third kappa shape index (κ3) is 8.28. The summed E-state index contributed by atoms with van der Waals surface area (Å²) in [6, 6.07) is 20.6. The molecule has 0 heterocycles. The third-order valence-corrected chi connectivity index (χ3v) is 4.26. The predicted octanol–water partition coefficient (Wildman–Crippen LogP) is 6.09. The van der Waals surface area contributed by atoms with Gasteiger partial charge >= 0.3 is 0 Å². The van der Waals surface area contributed by atoms with Crippen molar-refractivity contribution in [1.29, 1.82) is 0 Å². The summed E-state index contributed by atoms with van der Waals surface area (Å²) >= 11 is 0. The molecule has 2 heteroatoms. The van der Waals surface area contributed by atoms with E-state index in [4.69, 9.17) is 9.47 Å². The lowest BCUT2D eigenvalue weighted by Crippen LogP contribution is -1.97. The number of hydrogen-bond acceptors (Lipinski definition) is 2. The van der Waals surface area contributed by atoms with Crippen LogP contribution in [0.15, 0.2) is 84.5 Å². The molecule has 0 atom stereocenters. The van der Waals surface area contributed by atoms with E-state index in [1.54, 1.807) is 0 Å². The molecule has 26 heavy (non-hydrogen) atoms. The third-order valence-electron chi connectivity index (χ3n) is 4.26. The van der Waals surface area contributed by atoms with Crippen LogP contribution in [0.3, 0.4) is 0 Å². The van der Waals surface area contributed by atoms with Gasteiger partial charge in [0.2, 0.25) is 0 Å². The first kappa shape index (κ1) is 20.2. The van der Waals surface area contributed by atoms with Crippen LogP contribution in [0.2, 0.25) is 0 Å². The summed E-state index contributed by atoms with van der Waals surface area (Å²) in [4.78, 5) is 0. The van der Waals surface area contributed by atoms with E-state index in [2.05, 4.69) is 43.8 Å². The molecule has 138 valence electrons. The maximum Gasteiger partial charge on any atom is 0.0717 e. The molecule has 0 aromatic heterocycles. The quantitative estimate of drug-likeness (QED) is 0.340. The Morgan fingerprint density at radius 3 is 1.96 bits per heavy atom. The van der Waals surface area contributed by atoms with Crippen molar-refractivity contribution in [1.82, 2.24) is 0 Å². The first-order valence-electron chi connectivity index (χ1n) is 9.34. The van der Waals surface area contributed by atoms with Crippen LogP contribution in [0.4, 0.5) is 0 Å². The molecule has 0 saturated heterocycles. The Hall–Kier alpha value is -2.16. The van der Waals surface area contributed by atoms with Crippen molar-refractivity contribution in [3.05, 3.63) is 95.6 Å². The molecule has 0 bridgehead atoms. The highest BCUT2D eigenvalue weighted by molar-refractivity contribution is 5.25. The summed E-state index contributed by atoms with van der Waals surface area (Å²) in [5.41, 5.74) is 4.89. The molecule has 0 aliphatic rings. The highest BCUT2D eigenvalue weighted by atomic mass is 16.5. The fourth-order valence-corrected chi connectivity index (χ4v) is 2.62. The highest BCUT2D eigenvalue weighted by Crippen LogP contribution is 2.14. The van der Waals surface area contributed by atoms with Gasteiger partial charge in [-0.05, 0) is 37.3 Å². The number of allylic oxidation sites excluding steroid dienone is 2. The van der Waals surface area contributed by atoms with Crippen LogP contribution in [-0.2, 0) is 22.7 Å². The van der Waals surface area contributed by atoms with E-state index >= 15 is 0 Å². The first-order valence-corrected chi connectivity index (χ1v) is 9.34. The summed E-state index contributed by atoms with van der Waals surface area (Å²) in [6.07, 6.45) is 5.11. The second-order valence-corrected chi connectivity index (χ2v) is 6.46. The minimum absolute atomic E-state index is 0.674. The van der Waals surface area contributed by atoms with Crippen molar-refractivity contribution < 1.29 is 9.47 Å². The number of benzene rings is 2. The Kier molecular flexibility index (Phi) is 9.48. The van der Waals surface area contributed by atoms with Gasteiger partial charge in [0, 0.05) is 6.61 Å². The van der Waals surface area contributed by atoms with Gasteiger partial charge in [-0.25, -0.2) is 0 Å². The van der Waals surface area contributed by atoms with Gasteiger partial charge in [0.15, 0.2) is 0 Å². The highest BCUT2D eigenvalue weighted by Gasteiger charge is 1.99. The van der Waals surface area contributed by atoms with Crippen LogP contribution in [0, 0.1) is 0 Å². The van der Waals surface area contributed by atoms with E-state index in [1.807, 2.05) is 36.4 Å².